The smallest absolute Gasteiger partial charge is 0.289 e. The van der Waals surface area contributed by atoms with Crippen LogP contribution in [0.15, 0.2) is 47.5 Å². The Labute approximate surface area is 199 Å². The van der Waals surface area contributed by atoms with E-state index in [9.17, 15) is 22.8 Å². The number of aryl methyl sites for hydroxylation is 2. The average Bonchev–Trinajstić information content (AvgIpc) is 2.82. The van der Waals surface area contributed by atoms with Gasteiger partial charge in [0.2, 0.25) is 21.7 Å². The number of hydrogen-bond donors (Lipinski definition) is 3. The van der Waals surface area contributed by atoms with E-state index in [1.807, 2.05) is 0 Å². The molecule has 2 amide bonds. The summed E-state index contributed by atoms with van der Waals surface area (Å²) < 4.78 is 28.0. The van der Waals surface area contributed by atoms with Crippen LogP contribution in [0.25, 0.3) is 0 Å². The highest BCUT2D eigenvalue weighted by Crippen LogP contribution is 2.13. The summed E-state index contributed by atoms with van der Waals surface area (Å²) in [5.41, 5.74) is 0.697. The number of aromatic nitrogens is 2. The van der Waals surface area contributed by atoms with Crippen molar-refractivity contribution >= 4 is 27.6 Å². The van der Waals surface area contributed by atoms with E-state index in [4.69, 9.17) is 0 Å². The minimum absolute atomic E-state index is 0.0227. The van der Waals surface area contributed by atoms with Crippen LogP contribution in [0.1, 0.15) is 38.2 Å². The van der Waals surface area contributed by atoms with Crippen LogP contribution >= 0.6 is 0 Å². The summed E-state index contributed by atoms with van der Waals surface area (Å²) in [7, 11) is -3.97. The van der Waals surface area contributed by atoms with E-state index in [2.05, 4.69) is 25.3 Å². The van der Waals surface area contributed by atoms with Crippen molar-refractivity contribution in [1.82, 2.24) is 25.3 Å². The van der Waals surface area contributed by atoms with E-state index in [-0.39, 0.29) is 17.9 Å². The monoisotopic (exact) mass is 487 g/mol. The van der Waals surface area contributed by atoms with Gasteiger partial charge >= 0.3 is 0 Å². The number of Topliss-reactive ketones (excluding diaryl/α,β-unsaturated/α-hetero) is 1. The van der Waals surface area contributed by atoms with Gasteiger partial charge in [0.25, 0.3) is 5.91 Å². The first-order chi connectivity index (χ1) is 16.2. The molecule has 1 aromatic carbocycles. The summed E-state index contributed by atoms with van der Waals surface area (Å²) >= 11 is 0. The van der Waals surface area contributed by atoms with Gasteiger partial charge < -0.3 is 10.6 Å². The second kappa shape index (κ2) is 11.3. The molecule has 1 aliphatic rings. The van der Waals surface area contributed by atoms with Crippen LogP contribution in [-0.4, -0.2) is 54.6 Å². The highest BCUT2D eigenvalue weighted by Gasteiger charge is 2.33. The van der Waals surface area contributed by atoms with Gasteiger partial charge in [-0.05, 0) is 43.4 Å². The fraction of sp³-hybridized carbons (Fsp3) is 0.435. The lowest BCUT2D eigenvalue weighted by Crippen LogP contribution is -2.55. The van der Waals surface area contributed by atoms with E-state index < -0.39 is 45.6 Å². The number of nitrogens with one attached hydrogen (secondary N) is 3. The van der Waals surface area contributed by atoms with Gasteiger partial charge in [-0.1, -0.05) is 32.0 Å². The molecule has 1 aliphatic heterocycles. The predicted molar refractivity (Wildman–Crippen MR) is 124 cm³/mol. The number of nitrogens with zero attached hydrogens (tertiary/aromatic N) is 2. The molecule has 3 rings (SSSR count). The van der Waals surface area contributed by atoms with Gasteiger partial charge in [0.05, 0.1) is 10.9 Å². The van der Waals surface area contributed by atoms with Crippen LogP contribution in [-0.2, 0) is 37.2 Å². The summed E-state index contributed by atoms with van der Waals surface area (Å²) in [4.78, 5) is 47.0. The SMILES string of the molecule is CC(C)C(NS(=O)(=O)c1ccccc1)C(=O)NC1CCc2ccnc(n2)CCCNC(=O)C1=O. The van der Waals surface area contributed by atoms with Crippen LogP contribution in [0.5, 0.6) is 0 Å². The van der Waals surface area contributed by atoms with Gasteiger partial charge in [-0.15, -0.1) is 0 Å². The molecule has 0 radical (unpaired) electrons. The summed E-state index contributed by atoms with van der Waals surface area (Å²) in [6.45, 7) is 3.65. The third kappa shape index (κ3) is 6.67. The predicted octanol–water partition coefficient (Wildman–Crippen LogP) is 0.529. The Morgan fingerprint density at radius 1 is 1.12 bits per heavy atom. The first-order valence-corrected chi connectivity index (χ1v) is 12.7. The molecule has 182 valence electrons. The number of benzene rings is 1. The molecule has 2 unspecified atom stereocenters. The van der Waals surface area contributed by atoms with Crippen molar-refractivity contribution in [2.24, 2.45) is 5.92 Å². The quantitative estimate of drug-likeness (QED) is 0.504. The fourth-order valence-electron chi connectivity index (χ4n) is 3.54. The number of fused-ring (bicyclic) bond motifs is 2. The third-order valence-corrected chi connectivity index (χ3v) is 6.91. The van der Waals surface area contributed by atoms with Gasteiger partial charge in [-0.2, -0.15) is 4.72 Å². The van der Waals surface area contributed by atoms with Crippen molar-refractivity contribution in [2.75, 3.05) is 6.54 Å². The van der Waals surface area contributed by atoms with Crippen molar-refractivity contribution in [3.8, 4) is 0 Å². The molecule has 0 fully saturated rings. The summed E-state index contributed by atoms with van der Waals surface area (Å²) in [6.07, 6.45) is 3.24. The molecule has 2 bridgehead atoms. The van der Waals surface area contributed by atoms with E-state index in [1.165, 1.54) is 12.1 Å². The summed E-state index contributed by atoms with van der Waals surface area (Å²) in [5, 5.41) is 5.16. The minimum Gasteiger partial charge on any atom is -0.349 e. The van der Waals surface area contributed by atoms with Gasteiger partial charge in [-0.25, -0.2) is 18.4 Å². The Morgan fingerprint density at radius 3 is 2.56 bits per heavy atom. The maximum absolute atomic E-state index is 13.1. The minimum atomic E-state index is -3.97. The van der Waals surface area contributed by atoms with Crippen LogP contribution < -0.4 is 15.4 Å². The zero-order valence-electron chi connectivity index (χ0n) is 19.2. The average molecular weight is 488 g/mol. The Kier molecular flexibility index (Phi) is 8.46. The Balaban J connectivity index is 1.79. The molecule has 2 heterocycles. The molecule has 2 aromatic rings. The molecule has 2 atom stereocenters. The molecule has 34 heavy (non-hydrogen) atoms. The van der Waals surface area contributed by atoms with E-state index in [1.54, 1.807) is 44.3 Å². The van der Waals surface area contributed by atoms with Gasteiger partial charge in [0.15, 0.2) is 0 Å². The standard InChI is InChI=1S/C23H29N5O5S/c1-15(2)20(28-34(32,33)17-7-4-3-5-8-17)22(30)27-18-11-10-16-12-14-24-19(26-16)9-6-13-25-23(31)21(18)29/h3-5,7-8,12,14-15,18,20,28H,6,9-11,13H2,1-2H3,(H,25,31)(H,27,30). The molecule has 1 aromatic heterocycles. The van der Waals surface area contributed by atoms with Crippen molar-refractivity contribution in [3.05, 3.63) is 54.1 Å². The lowest BCUT2D eigenvalue weighted by atomic mass is 10.0. The number of carbonyl (C=O) groups excluding carboxylic acids is 3. The zero-order valence-corrected chi connectivity index (χ0v) is 20.0. The number of ketones is 1. The summed E-state index contributed by atoms with van der Waals surface area (Å²) in [5.74, 6) is -2.03. The van der Waals surface area contributed by atoms with E-state index in [0.29, 0.717) is 30.8 Å². The first-order valence-electron chi connectivity index (χ1n) is 11.2. The van der Waals surface area contributed by atoms with Crippen molar-refractivity contribution in [3.63, 3.8) is 0 Å². The van der Waals surface area contributed by atoms with Gasteiger partial charge in [0.1, 0.15) is 11.9 Å². The summed E-state index contributed by atoms with van der Waals surface area (Å²) in [6, 6.07) is 7.15. The largest absolute Gasteiger partial charge is 0.349 e. The Morgan fingerprint density at radius 2 is 1.85 bits per heavy atom. The molecule has 0 aliphatic carbocycles. The first kappa shape index (κ1) is 25.4. The van der Waals surface area contributed by atoms with Crippen LogP contribution in [0.3, 0.4) is 0 Å². The number of carbonyl (C=O) groups is 3. The molecule has 0 saturated heterocycles. The van der Waals surface area contributed by atoms with Crippen molar-refractivity contribution in [2.45, 2.75) is 56.5 Å². The lowest BCUT2D eigenvalue weighted by molar-refractivity contribution is -0.140. The second-order valence-corrected chi connectivity index (χ2v) is 10.2. The number of rotatable bonds is 6. The Hall–Kier alpha value is -3.18. The van der Waals surface area contributed by atoms with E-state index in [0.717, 1.165) is 0 Å². The van der Waals surface area contributed by atoms with E-state index >= 15 is 0 Å². The number of sulfonamides is 1. The Bertz CT molecular complexity index is 1140. The molecular formula is C23H29N5O5S. The second-order valence-electron chi connectivity index (χ2n) is 8.44. The molecule has 0 spiro atoms. The molecule has 10 nitrogen and oxygen atoms in total. The van der Waals surface area contributed by atoms with Crippen LogP contribution in [0.2, 0.25) is 0 Å². The third-order valence-electron chi connectivity index (χ3n) is 5.46. The topological polar surface area (TPSA) is 147 Å². The number of hydrogen-bond acceptors (Lipinski definition) is 7. The molecule has 0 saturated carbocycles. The highest BCUT2D eigenvalue weighted by molar-refractivity contribution is 7.89. The zero-order chi connectivity index (χ0) is 24.7. The molecule has 3 N–H and O–H groups in total. The lowest BCUT2D eigenvalue weighted by Gasteiger charge is -2.25. The van der Waals surface area contributed by atoms with Crippen molar-refractivity contribution in [1.29, 1.82) is 0 Å². The maximum atomic E-state index is 13.1. The number of amides is 2. The molecule has 11 heteroatoms. The normalized spacial score (nSPS) is 18.4. The molecular weight excluding hydrogens is 458 g/mol. The van der Waals surface area contributed by atoms with Crippen molar-refractivity contribution < 1.29 is 22.8 Å². The van der Waals surface area contributed by atoms with Crippen LogP contribution in [0, 0.1) is 5.92 Å². The highest BCUT2D eigenvalue weighted by atomic mass is 32.2. The van der Waals surface area contributed by atoms with Crippen LogP contribution in [0.4, 0.5) is 0 Å². The maximum Gasteiger partial charge on any atom is 0.289 e. The van der Waals surface area contributed by atoms with Gasteiger partial charge in [-0.3, -0.25) is 14.4 Å². The fourth-order valence-corrected chi connectivity index (χ4v) is 4.91. The van der Waals surface area contributed by atoms with Gasteiger partial charge in [0, 0.05) is 24.9 Å².